The van der Waals surface area contributed by atoms with E-state index in [2.05, 4.69) is 0 Å². The molecule has 0 saturated heterocycles. The monoisotopic (exact) mass is 390 g/mol. The van der Waals surface area contributed by atoms with Gasteiger partial charge in [-0.1, -0.05) is 38.0 Å². The van der Waals surface area contributed by atoms with Crippen molar-refractivity contribution < 1.29 is 23.0 Å². The largest absolute Gasteiger partial charge is 0.486 e. The molecule has 0 bridgehead atoms. The van der Waals surface area contributed by atoms with Crippen LogP contribution in [0.25, 0.3) is 0 Å². The maximum absolute atomic E-state index is 14.2. The highest BCUT2D eigenvalue weighted by Gasteiger charge is 2.15. The number of unbranched alkanes of at least 4 members (excludes halogenated alkanes) is 2. The number of rotatable bonds is 11. The predicted molar refractivity (Wildman–Crippen MR) is 105 cm³/mol. The molecular weight excluding hydrogens is 362 g/mol. The summed E-state index contributed by atoms with van der Waals surface area (Å²) in [5, 5.41) is 0. The highest BCUT2D eigenvalue weighted by Crippen LogP contribution is 2.22. The molecule has 2 rings (SSSR count). The Balaban J connectivity index is 1.74. The SMILES string of the molecule is CCC(CCCCCc1ccc(OCc2ccc(F)cc2)c(F)c1)C(=O)OC. The van der Waals surface area contributed by atoms with Crippen molar-refractivity contribution in [1.29, 1.82) is 0 Å². The standard InChI is InChI=1S/C23H28F2O3/c1-3-19(23(26)27-2)8-6-4-5-7-17-11-14-22(21(25)15-17)28-16-18-9-12-20(24)13-10-18/h9-15,19H,3-8,16H2,1-2H3. The van der Waals surface area contributed by atoms with E-state index < -0.39 is 5.82 Å². The number of methoxy groups -OCH3 is 1. The van der Waals surface area contributed by atoms with Crippen LogP contribution in [0.4, 0.5) is 8.78 Å². The first kappa shape index (κ1) is 21.9. The lowest BCUT2D eigenvalue weighted by Crippen LogP contribution is -2.15. The number of hydrogen-bond acceptors (Lipinski definition) is 3. The number of ether oxygens (including phenoxy) is 2. The van der Waals surface area contributed by atoms with Crippen molar-refractivity contribution in [2.75, 3.05) is 7.11 Å². The highest BCUT2D eigenvalue weighted by atomic mass is 19.1. The molecule has 0 aliphatic carbocycles. The van der Waals surface area contributed by atoms with Crippen molar-refractivity contribution in [2.24, 2.45) is 5.92 Å². The van der Waals surface area contributed by atoms with Gasteiger partial charge in [-0.3, -0.25) is 4.79 Å². The zero-order valence-electron chi connectivity index (χ0n) is 16.5. The minimum Gasteiger partial charge on any atom is -0.486 e. The Morgan fingerprint density at radius 2 is 1.71 bits per heavy atom. The van der Waals surface area contributed by atoms with E-state index >= 15 is 0 Å². The molecule has 0 saturated carbocycles. The topological polar surface area (TPSA) is 35.5 Å². The van der Waals surface area contributed by atoms with Gasteiger partial charge in [-0.15, -0.1) is 0 Å². The normalized spacial score (nSPS) is 11.9. The van der Waals surface area contributed by atoms with E-state index in [1.807, 2.05) is 13.0 Å². The number of carbonyl (C=O) groups is 1. The summed E-state index contributed by atoms with van der Waals surface area (Å²) >= 11 is 0. The first-order valence-electron chi connectivity index (χ1n) is 9.77. The minimum absolute atomic E-state index is 0.0278. The number of esters is 1. The summed E-state index contributed by atoms with van der Waals surface area (Å²) in [5.41, 5.74) is 1.70. The molecule has 0 radical (unpaired) electrons. The van der Waals surface area contributed by atoms with E-state index in [-0.39, 0.29) is 30.1 Å². The van der Waals surface area contributed by atoms with Crippen LogP contribution in [0.5, 0.6) is 5.75 Å². The Morgan fingerprint density at radius 3 is 2.36 bits per heavy atom. The van der Waals surface area contributed by atoms with Crippen LogP contribution in [0, 0.1) is 17.6 Å². The second-order valence-corrected chi connectivity index (χ2v) is 6.91. The molecule has 152 valence electrons. The van der Waals surface area contributed by atoms with Gasteiger partial charge in [0.05, 0.1) is 13.0 Å². The van der Waals surface area contributed by atoms with Gasteiger partial charge < -0.3 is 9.47 Å². The third kappa shape index (κ3) is 6.95. The van der Waals surface area contributed by atoms with Gasteiger partial charge in [0, 0.05) is 0 Å². The second kappa shape index (κ2) is 11.4. The summed E-state index contributed by atoms with van der Waals surface area (Å²) in [6.45, 7) is 2.18. The fraction of sp³-hybridized carbons (Fsp3) is 0.435. The number of hydrogen-bond donors (Lipinski definition) is 0. The molecule has 2 aromatic rings. The summed E-state index contributed by atoms with van der Waals surface area (Å²) in [5.74, 6) is -0.677. The van der Waals surface area contributed by atoms with Gasteiger partial charge in [0.25, 0.3) is 0 Å². The van der Waals surface area contributed by atoms with E-state index in [1.165, 1.54) is 25.3 Å². The van der Waals surface area contributed by atoms with Crippen molar-refractivity contribution in [2.45, 2.75) is 52.1 Å². The molecule has 3 nitrogen and oxygen atoms in total. The molecular formula is C23H28F2O3. The van der Waals surface area contributed by atoms with Crippen molar-refractivity contribution in [3.63, 3.8) is 0 Å². The van der Waals surface area contributed by atoms with Crippen molar-refractivity contribution in [3.8, 4) is 5.75 Å². The van der Waals surface area contributed by atoms with Crippen LogP contribution in [-0.2, 0) is 22.6 Å². The Hall–Kier alpha value is -2.43. The summed E-state index contributed by atoms with van der Waals surface area (Å²) in [4.78, 5) is 11.6. The van der Waals surface area contributed by atoms with Crippen molar-refractivity contribution >= 4 is 5.97 Å². The van der Waals surface area contributed by atoms with Gasteiger partial charge >= 0.3 is 5.97 Å². The van der Waals surface area contributed by atoms with Gasteiger partial charge in [-0.2, -0.15) is 0 Å². The van der Waals surface area contributed by atoms with Crippen LogP contribution < -0.4 is 4.74 Å². The molecule has 0 N–H and O–H groups in total. The Bertz CT molecular complexity index is 744. The fourth-order valence-electron chi connectivity index (χ4n) is 3.11. The molecule has 0 fully saturated rings. The molecule has 1 atom stereocenters. The van der Waals surface area contributed by atoms with Crippen LogP contribution in [0.2, 0.25) is 0 Å². The highest BCUT2D eigenvalue weighted by molar-refractivity contribution is 5.72. The van der Waals surface area contributed by atoms with Crippen molar-refractivity contribution in [3.05, 3.63) is 65.2 Å². The number of aryl methyl sites for hydroxylation is 1. The average molecular weight is 390 g/mol. The number of halogens is 2. The number of benzene rings is 2. The summed E-state index contributed by atoms with van der Waals surface area (Å²) in [6, 6.07) is 10.9. The van der Waals surface area contributed by atoms with E-state index in [0.717, 1.165) is 49.7 Å². The van der Waals surface area contributed by atoms with E-state index in [1.54, 1.807) is 18.2 Å². The van der Waals surface area contributed by atoms with Crippen LogP contribution in [0.3, 0.4) is 0 Å². The Labute approximate surface area is 165 Å². The third-order valence-corrected chi connectivity index (χ3v) is 4.85. The molecule has 0 aliphatic heterocycles. The fourth-order valence-corrected chi connectivity index (χ4v) is 3.11. The van der Waals surface area contributed by atoms with Gasteiger partial charge in [0.1, 0.15) is 12.4 Å². The lowest BCUT2D eigenvalue weighted by molar-refractivity contribution is -0.145. The van der Waals surface area contributed by atoms with Gasteiger partial charge in [0.2, 0.25) is 0 Å². The zero-order valence-corrected chi connectivity index (χ0v) is 16.5. The van der Waals surface area contributed by atoms with E-state index in [9.17, 15) is 13.6 Å². The Kier molecular flexibility index (Phi) is 8.92. The third-order valence-electron chi connectivity index (χ3n) is 4.85. The molecule has 0 amide bonds. The summed E-state index contributed by atoms with van der Waals surface area (Å²) in [6.07, 6.45) is 5.27. The first-order chi connectivity index (χ1) is 13.5. The molecule has 2 aromatic carbocycles. The zero-order chi connectivity index (χ0) is 20.4. The van der Waals surface area contributed by atoms with Gasteiger partial charge in [-0.05, 0) is 61.1 Å². The summed E-state index contributed by atoms with van der Waals surface area (Å²) in [7, 11) is 1.42. The molecule has 1 unspecified atom stereocenters. The second-order valence-electron chi connectivity index (χ2n) is 6.91. The van der Waals surface area contributed by atoms with Gasteiger partial charge in [-0.25, -0.2) is 8.78 Å². The van der Waals surface area contributed by atoms with Gasteiger partial charge in [0.15, 0.2) is 11.6 Å². The molecule has 28 heavy (non-hydrogen) atoms. The van der Waals surface area contributed by atoms with Crippen LogP contribution in [0.1, 0.15) is 50.2 Å². The van der Waals surface area contributed by atoms with Crippen molar-refractivity contribution in [1.82, 2.24) is 0 Å². The minimum atomic E-state index is -0.392. The van der Waals surface area contributed by atoms with E-state index in [0.29, 0.717) is 0 Å². The van der Waals surface area contributed by atoms with E-state index in [4.69, 9.17) is 9.47 Å². The Morgan fingerprint density at radius 1 is 1.00 bits per heavy atom. The maximum atomic E-state index is 14.2. The quantitative estimate of drug-likeness (QED) is 0.357. The average Bonchev–Trinajstić information content (AvgIpc) is 2.70. The van der Waals surface area contributed by atoms with Crippen LogP contribution >= 0.6 is 0 Å². The smallest absolute Gasteiger partial charge is 0.308 e. The molecule has 5 heteroatoms. The van der Waals surface area contributed by atoms with Crippen LogP contribution in [-0.4, -0.2) is 13.1 Å². The lowest BCUT2D eigenvalue weighted by atomic mass is 9.97. The summed E-state index contributed by atoms with van der Waals surface area (Å²) < 4.78 is 37.4. The first-order valence-corrected chi connectivity index (χ1v) is 9.77. The molecule has 0 aliphatic rings. The maximum Gasteiger partial charge on any atom is 0.308 e. The van der Waals surface area contributed by atoms with Crippen LogP contribution in [0.15, 0.2) is 42.5 Å². The number of carbonyl (C=O) groups excluding carboxylic acids is 1. The molecule has 0 heterocycles. The molecule has 0 aromatic heterocycles. The molecule has 0 spiro atoms. The predicted octanol–water partition coefficient (Wildman–Crippen LogP) is 5.85. The lowest BCUT2D eigenvalue weighted by Gasteiger charge is -2.12.